The van der Waals surface area contributed by atoms with Crippen molar-refractivity contribution in [3.63, 3.8) is 0 Å². The highest BCUT2D eigenvalue weighted by Crippen LogP contribution is 2.24. The maximum absolute atomic E-state index is 11.9. The van der Waals surface area contributed by atoms with Crippen molar-refractivity contribution < 1.29 is 9.53 Å². The van der Waals surface area contributed by atoms with Gasteiger partial charge in [0.2, 0.25) is 5.91 Å². The minimum atomic E-state index is -0.0462. The van der Waals surface area contributed by atoms with Crippen LogP contribution in [0.3, 0.4) is 0 Å². The molecular weight excluding hydrogens is 352 g/mol. The molecule has 1 aliphatic rings. The number of piperidine rings is 1. The molecule has 6 nitrogen and oxygen atoms in total. The van der Waals surface area contributed by atoms with Crippen LogP contribution in [0.1, 0.15) is 26.7 Å². The summed E-state index contributed by atoms with van der Waals surface area (Å²) in [6.07, 6.45) is 6.11. The third-order valence-electron chi connectivity index (χ3n) is 5.04. The quantitative estimate of drug-likeness (QED) is 0.709. The number of ether oxygens (including phenoxy) is 1. The lowest BCUT2D eigenvalue weighted by atomic mass is 10.1. The molecule has 1 aromatic carbocycles. The monoisotopic (exact) mass is 378 g/mol. The molecule has 0 unspecified atom stereocenters. The standard InChI is InChI=1S/C22H26N4O2/c1-15(2)22(27)25-17-3-5-20-16(13-17)9-12-26(20)21-6-4-19(14-24-21)28-18-7-10-23-11-8-18/h3-6,9,12-15,18,23H,7-8,10-11H2,1-2H3,(H,25,27). The molecule has 6 heteroatoms. The van der Waals surface area contributed by atoms with Crippen LogP contribution in [0.15, 0.2) is 48.8 Å². The summed E-state index contributed by atoms with van der Waals surface area (Å²) in [5.74, 6) is 1.62. The van der Waals surface area contributed by atoms with Crippen LogP contribution < -0.4 is 15.4 Å². The first-order valence-electron chi connectivity index (χ1n) is 9.86. The van der Waals surface area contributed by atoms with E-state index in [9.17, 15) is 4.79 Å². The molecule has 0 saturated carbocycles. The number of aromatic nitrogens is 2. The Morgan fingerprint density at radius 3 is 2.75 bits per heavy atom. The number of carbonyl (C=O) groups excluding carboxylic acids is 1. The Kier molecular flexibility index (Phi) is 5.30. The molecule has 2 aromatic heterocycles. The molecule has 146 valence electrons. The molecule has 3 aromatic rings. The van der Waals surface area contributed by atoms with Crippen LogP contribution in [-0.4, -0.2) is 34.7 Å². The lowest BCUT2D eigenvalue weighted by molar-refractivity contribution is -0.118. The number of hydrogen-bond acceptors (Lipinski definition) is 4. The summed E-state index contributed by atoms with van der Waals surface area (Å²) in [4.78, 5) is 16.5. The molecule has 28 heavy (non-hydrogen) atoms. The van der Waals surface area contributed by atoms with E-state index in [0.29, 0.717) is 0 Å². The van der Waals surface area contributed by atoms with Gasteiger partial charge in [-0.05, 0) is 62.3 Å². The van der Waals surface area contributed by atoms with Crippen molar-refractivity contribution in [1.82, 2.24) is 14.9 Å². The van der Waals surface area contributed by atoms with Crippen molar-refractivity contribution in [3.8, 4) is 11.6 Å². The van der Waals surface area contributed by atoms with Crippen LogP contribution in [0.2, 0.25) is 0 Å². The minimum absolute atomic E-state index is 0.0183. The van der Waals surface area contributed by atoms with Gasteiger partial charge in [-0.15, -0.1) is 0 Å². The van der Waals surface area contributed by atoms with Crippen LogP contribution in [0.5, 0.6) is 5.75 Å². The van der Waals surface area contributed by atoms with Crippen molar-refractivity contribution >= 4 is 22.5 Å². The molecule has 1 fully saturated rings. The Bertz CT molecular complexity index is 956. The highest BCUT2D eigenvalue weighted by Gasteiger charge is 2.15. The SMILES string of the molecule is CC(C)C(=O)Nc1ccc2c(ccn2-c2ccc(OC3CCNCC3)cn2)c1. The molecule has 4 rings (SSSR count). The minimum Gasteiger partial charge on any atom is -0.489 e. The van der Waals surface area contributed by atoms with Crippen molar-refractivity contribution in [1.29, 1.82) is 0 Å². The number of fused-ring (bicyclic) bond motifs is 1. The predicted octanol–water partition coefficient (Wildman–Crippen LogP) is 3.75. The van der Waals surface area contributed by atoms with Gasteiger partial charge in [-0.3, -0.25) is 4.79 Å². The third kappa shape index (κ3) is 4.02. The van der Waals surface area contributed by atoms with E-state index in [1.165, 1.54) is 0 Å². The fraction of sp³-hybridized carbons (Fsp3) is 0.364. The van der Waals surface area contributed by atoms with E-state index in [-0.39, 0.29) is 17.9 Å². The van der Waals surface area contributed by atoms with Crippen LogP contribution >= 0.6 is 0 Å². The summed E-state index contributed by atoms with van der Waals surface area (Å²) in [5.41, 5.74) is 1.85. The highest BCUT2D eigenvalue weighted by molar-refractivity contribution is 5.95. The van der Waals surface area contributed by atoms with Crippen LogP contribution in [0.4, 0.5) is 5.69 Å². The zero-order chi connectivity index (χ0) is 19.5. The molecule has 1 saturated heterocycles. The van der Waals surface area contributed by atoms with Crippen molar-refractivity contribution in [2.24, 2.45) is 5.92 Å². The van der Waals surface area contributed by atoms with Gasteiger partial charge in [-0.2, -0.15) is 0 Å². The normalized spacial score (nSPS) is 15.1. The summed E-state index contributed by atoms with van der Waals surface area (Å²) < 4.78 is 8.07. The first kappa shape index (κ1) is 18.5. The van der Waals surface area contributed by atoms with Gasteiger partial charge in [-0.1, -0.05) is 13.8 Å². The van der Waals surface area contributed by atoms with E-state index in [1.54, 1.807) is 6.20 Å². The van der Waals surface area contributed by atoms with E-state index >= 15 is 0 Å². The highest BCUT2D eigenvalue weighted by atomic mass is 16.5. The maximum atomic E-state index is 11.9. The second kappa shape index (κ2) is 8.02. The topological polar surface area (TPSA) is 68.2 Å². The Balaban J connectivity index is 1.51. The Labute approximate surface area is 164 Å². The molecular formula is C22H26N4O2. The molecule has 0 atom stereocenters. The number of rotatable bonds is 5. The predicted molar refractivity (Wildman–Crippen MR) is 111 cm³/mol. The van der Waals surface area contributed by atoms with E-state index < -0.39 is 0 Å². The first-order chi connectivity index (χ1) is 13.6. The molecule has 3 heterocycles. The van der Waals surface area contributed by atoms with Gasteiger partial charge in [0.05, 0.1) is 11.7 Å². The number of carbonyl (C=O) groups is 1. The number of anilines is 1. The number of nitrogens with one attached hydrogen (secondary N) is 2. The molecule has 0 aliphatic carbocycles. The largest absolute Gasteiger partial charge is 0.489 e. The molecule has 0 bridgehead atoms. The zero-order valence-electron chi connectivity index (χ0n) is 16.3. The summed E-state index contributed by atoms with van der Waals surface area (Å²) >= 11 is 0. The average molecular weight is 378 g/mol. The van der Waals surface area contributed by atoms with E-state index in [1.807, 2.05) is 61.0 Å². The van der Waals surface area contributed by atoms with E-state index in [2.05, 4.69) is 15.6 Å². The number of pyridine rings is 1. The number of hydrogen-bond donors (Lipinski definition) is 2. The average Bonchev–Trinajstić information content (AvgIpc) is 3.12. The summed E-state index contributed by atoms with van der Waals surface area (Å²) in [7, 11) is 0. The van der Waals surface area contributed by atoms with E-state index in [0.717, 1.165) is 54.1 Å². The van der Waals surface area contributed by atoms with Crippen LogP contribution in [0, 0.1) is 5.92 Å². The smallest absolute Gasteiger partial charge is 0.226 e. The van der Waals surface area contributed by atoms with Crippen molar-refractivity contribution in [2.45, 2.75) is 32.8 Å². The van der Waals surface area contributed by atoms with Gasteiger partial charge in [0.1, 0.15) is 17.7 Å². The van der Waals surface area contributed by atoms with Gasteiger partial charge in [0.15, 0.2) is 0 Å². The Morgan fingerprint density at radius 1 is 1.21 bits per heavy atom. The zero-order valence-corrected chi connectivity index (χ0v) is 16.3. The van der Waals surface area contributed by atoms with Gasteiger partial charge in [0, 0.05) is 23.2 Å². The molecule has 2 N–H and O–H groups in total. The number of nitrogens with zero attached hydrogens (tertiary/aromatic N) is 2. The fourth-order valence-corrected chi connectivity index (χ4v) is 3.40. The Hall–Kier alpha value is -2.86. The van der Waals surface area contributed by atoms with Crippen molar-refractivity contribution in [2.75, 3.05) is 18.4 Å². The molecule has 1 amide bonds. The molecule has 0 radical (unpaired) electrons. The first-order valence-corrected chi connectivity index (χ1v) is 9.86. The number of benzene rings is 1. The van der Waals surface area contributed by atoms with Crippen molar-refractivity contribution in [3.05, 3.63) is 48.8 Å². The van der Waals surface area contributed by atoms with Crippen LogP contribution in [-0.2, 0) is 4.79 Å². The lowest BCUT2D eigenvalue weighted by Gasteiger charge is -2.23. The van der Waals surface area contributed by atoms with Gasteiger partial charge in [-0.25, -0.2) is 4.98 Å². The fourth-order valence-electron chi connectivity index (χ4n) is 3.40. The van der Waals surface area contributed by atoms with E-state index in [4.69, 9.17) is 4.74 Å². The molecule has 0 spiro atoms. The second-order valence-electron chi connectivity index (χ2n) is 7.52. The van der Waals surface area contributed by atoms with Crippen LogP contribution in [0.25, 0.3) is 16.7 Å². The molecule has 1 aliphatic heterocycles. The summed E-state index contributed by atoms with van der Waals surface area (Å²) in [6.45, 7) is 5.78. The van der Waals surface area contributed by atoms with Gasteiger partial charge < -0.3 is 19.9 Å². The lowest BCUT2D eigenvalue weighted by Crippen LogP contribution is -2.34. The summed E-state index contributed by atoms with van der Waals surface area (Å²) in [6, 6.07) is 11.9. The van der Waals surface area contributed by atoms with Gasteiger partial charge in [0.25, 0.3) is 0 Å². The second-order valence-corrected chi connectivity index (χ2v) is 7.52. The van der Waals surface area contributed by atoms with Gasteiger partial charge >= 0.3 is 0 Å². The number of amides is 1. The maximum Gasteiger partial charge on any atom is 0.226 e. The Morgan fingerprint density at radius 2 is 2.04 bits per heavy atom. The third-order valence-corrected chi connectivity index (χ3v) is 5.04. The summed E-state index contributed by atoms with van der Waals surface area (Å²) in [5, 5.41) is 7.34.